The van der Waals surface area contributed by atoms with E-state index in [0.29, 0.717) is 47.5 Å². The van der Waals surface area contributed by atoms with Crippen LogP contribution >= 0.6 is 23.2 Å². The molecule has 0 saturated carbocycles. The van der Waals surface area contributed by atoms with Gasteiger partial charge in [-0.05, 0) is 24.6 Å². The average molecular weight is 368 g/mol. The molecule has 0 aromatic heterocycles. The normalized spacial score (nSPS) is 26.1. The highest BCUT2D eigenvalue weighted by Gasteiger charge is 2.38. The highest BCUT2D eigenvalue weighted by atomic mass is 35.5. The Morgan fingerprint density at radius 3 is 2.96 bits per heavy atom. The summed E-state index contributed by atoms with van der Waals surface area (Å²) in [5.41, 5.74) is 0.872. The summed E-state index contributed by atoms with van der Waals surface area (Å²) in [6.07, 6.45) is 1.86. The number of halogens is 2. The van der Waals surface area contributed by atoms with Gasteiger partial charge in [-0.2, -0.15) is 5.10 Å². The molecule has 2 bridgehead atoms. The molecule has 1 aromatic rings. The number of amides is 1. The number of piperazine rings is 1. The van der Waals surface area contributed by atoms with Gasteiger partial charge in [0.1, 0.15) is 5.84 Å². The van der Waals surface area contributed by atoms with Crippen molar-refractivity contribution in [2.75, 3.05) is 31.2 Å². The van der Waals surface area contributed by atoms with Crippen LogP contribution in [0.3, 0.4) is 0 Å². The lowest BCUT2D eigenvalue weighted by Crippen LogP contribution is -2.48. The molecular weight excluding hydrogens is 349 g/mol. The smallest absolute Gasteiger partial charge is 0.239 e. The third-order valence-electron chi connectivity index (χ3n) is 4.80. The van der Waals surface area contributed by atoms with E-state index in [1.807, 2.05) is 11.1 Å². The minimum Gasteiger partial charge on any atom is -0.312 e. The Balaban J connectivity index is 1.35. The van der Waals surface area contributed by atoms with Crippen molar-refractivity contribution in [3.63, 3.8) is 0 Å². The minimum atomic E-state index is 0.0114. The summed E-state index contributed by atoms with van der Waals surface area (Å²) in [7, 11) is 0. The van der Waals surface area contributed by atoms with Crippen molar-refractivity contribution in [1.29, 1.82) is 0 Å². The number of benzene rings is 1. The maximum Gasteiger partial charge on any atom is 0.239 e. The number of hydrogen-bond acceptors (Lipinski definition) is 5. The second-order valence-corrected chi connectivity index (χ2v) is 7.30. The van der Waals surface area contributed by atoms with E-state index in [4.69, 9.17) is 23.2 Å². The van der Waals surface area contributed by atoms with Crippen LogP contribution in [-0.2, 0) is 4.79 Å². The number of amidine groups is 1. The summed E-state index contributed by atoms with van der Waals surface area (Å²) in [5, 5.41) is 13.7. The molecule has 1 amide bonds. The van der Waals surface area contributed by atoms with Crippen LogP contribution in [-0.4, -0.2) is 54.9 Å². The van der Waals surface area contributed by atoms with E-state index in [1.165, 1.54) is 0 Å². The molecule has 2 atom stereocenters. The van der Waals surface area contributed by atoms with Crippen LogP contribution in [0.5, 0.6) is 0 Å². The molecule has 0 radical (unpaired) electrons. The number of hydrogen-bond donors (Lipinski definition) is 2. The maximum atomic E-state index is 12.3. The van der Waals surface area contributed by atoms with Crippen molar-refractivity contribution in [2.24, 2.45) is 5.10 Å². The predicted molar refractivity (Wildman–Crippen MR) is 95.8 cm³/mol. The first-order valence-corrected chi connectivity index (χ1v) is 8.91. The Morgan fingerprint density at radius 2 is 2.25 bits per heavy atom. The second kappa shape index (κ2) is 6.52. The van der Waals surface area contributed by atoms with Gasteiger partial charge in [-0.25, -0.2) is 0 Å². The quantitative estimate of drug-likeness (QED) is 0.853. The van der Waals surface area contributed by atoms with Gasteiger partial charge < -0.3 is 10.6 Å². The predicted octanol–water partition coefficient (Wildman–Crippen LogP) is 1.68. The fourth-order valence-electron chi connectivity index (χ4n) is 3.60. The highest BCUT2D eigenvalue weighted by Crippen LogP contribution is 2.28. The van der Waals surface area contributed by atoms with Crippen LogP contribution < -0.4 is 15.6 Å². The first kappa shape index (κ1) is 16.1. The van der Waals surface area contributed by atoms with Crippen LogP contribution in [0.1, 0.15) is 12.8 Å². The molecule has 2 N–H and O–H groups in total. The summed E-state index contributed by atoms with van der Waals surface area (Å²) >= 11 is 12.0. The molecule has 6 nitrogen and oxygen atoms in total. The van der Waals surface area contributed by atoms with Crippen LogP contribution in [0, 0.1) is 0 Å². The van der Waals surface area contributed by atoms with Crippen LogP contribution in [0.2, 0.25) is 10.0 Å². The van der Waals surface area contributed by atoms with E-state index in [-0.39, 0.29) is 5.91 Å². The third-order valence-corrected chi connectivity index (χ3v) is 5.54. The fraction of sp³-hybridized carbons (Fsp3) is 0.500. The average Bonchev–Trinajstić information content (AvgIpc) is 3.26. The number of carbonyl (C=O) groups excluding carboxylic acids is 1. The Morgan fingerprint density at radius 1 is 1.38 bits per heavy atom. The first-order valence-electron chi connectivity index (χ1n) is 8.16. The molecule has 3 aliphatic rings. The van der Waals surface area contributed by atoms with Gasteiger partial charge in [0.2, 0.25) is 5.91 Å². The van der Waals surface area contributed by atoms with Crippen LogP contribution in [0.15, 0.2) is 23.3 Å². The largest absolute Gasteiger partial charge is 0.312 e. The molecule has 24 heavy (non-hydrogen) atoms. The fourth-order valence-corrected chi connectivity index (χ4v) is 3.90. The lowest BCUT2D eigenvalue weighted by Gasteiger charge is -2.26. The minimum absolute atomic E-state index is 0.0114. The zero-order chi connectivity index (χ0) is 16.7. The van der Waals surface area contributed by atoms with Crippen molar-refractivity contribution in [3.05, 3.63) is 28.2 Å². The Hall–Kier alpha value is -1.34. The summed E-state index contributed by atoms with van der Waals surface area (Å²) in [5.74, 6) is 0.714. The van der Waals surface area contributed by atoms with E-state index in [0.717, 1.165) is 25.2 Å². The van der Waals surface area contributed by atoms with Gasteiger partial charge in [0, 0.05) is 38.1 Å². The number of anilines is 1. The maximum absolute atomic E-state index is 12.3. The van der Waals surface area contributed by atoms with E-state index >= 15 is 0 Å². The Kier molecular flexibility index (Phi) is 4.39. The van der Waals surface area contributed by atoms with Crippen LogP contribution in [0.4, 0.5) is 5.69 Å². The molecule has 2 saturated heterocycles. The van der Waals surface area contributed by atoms with Gasteiger partial charge in [-0.3, -0.25) is 14.7 Å². The van der Waals surface area contributed by atoms with Gasteiger partial charge >= 0.3 is 0 Å². The number of hydrazone groups is 1. The van der Waals surface area contributed by atoms with E-state index in [9.17, 15) is 4.79 Å². The zero-order valence-electron chi connectivity index (χ0n) is 13.1. The molecule has 4 rings (SSSR count). The van der Waals surface area contributed by atoms with Gasteiger partial charge in [-0.15, -0.1) is 0 Å². The molecular formula is C16H19Cl2N5O. The third kappa shape index (κ3) is 3.24. The van der Waals surface area contributed by atoms with E-state index < -0.39 is 0 Å². The number of likely N-dealkylation sites (tertiary alicyclic amines) is 1. The second-order valence-electron chi connectivity index (χ2n) is 6.49. The molecule has 3 aliphatic heterocycles. The molecule has 0 spiro atoms. The zero-order valence-corrected chi connectivity index (χ0v) is 14.6. The van der Waals surface area contributed by atoms with E-state index in [2.05, 4.69) is 20.6 Å². The molecule has 8 heteroatoms. The van der Waals surface area contributed by atoms with Gasteiger partial charge in [0.25, 0.3) is 0 Å². The van der Waals surface area contributed by atoms with Crippen LogP contribution in [0.25, 0.3) is 0 Å². The standard InChI is InChI=1S/C16H19Cl2N5O/c17-13-2-1-11(6-14(13)18)23-4-3-15(21-23)20-16(24)9-22-8-10-5-12(22)7-19-10/h1-2,6,10,12,19H,3-5,7-9H2,(H,20,21,24)/t10-,12?/m0/s1. The van der Waals surface area contributed by atoms with Gasteiger partial charge in [0.15, 0.2) is 0 Å². The molecule has 1 unspecified atom stereocenters. The number of carbonyl (C=O) groups is 1. The molecule has 0 aliphatic carbocycles. The summed E-state index contributed by atoms with van der Waals surface area (Å²) in [6, 6.07) is 6.46. The van der Waals surface area contributed by atoms with Crippen molar-refractivity contribution < 1.29 is 4.79 Å². The van der Waals surface area contributed by atoms with Crippen molar-refractivity contribution >= 4 is 40.6 Å². The summed E-state index contributed by atoms with van der Waals surface area (Å²) in [6.45, 7) is 3.10. The molecule has 3 heterocycles. The van der Waals surface area contributed by atoms with Gasteiger partial charge in [-0.1, -0.05) is 23.2 Å². The number of nitrogens with one attached hydrogen (secondary N) is 2. The SMILES string of the molecule is O=C(CN1C[C@@H]2CC1CN2)NC1=NN(c2ccc(Cl)c(Cl)c2)CC1. The molecule has 1 aromatic carbocycles. The Labute approximate surface area is 150 Å². The monoisotopic (exact) mass is 367 g/mol. The first-order chi connectivity index (χ1) is 11.6. The molecule has 128 valence electrons. The lowest BCUT2D eigenvalue weighted by molar-refractivity contribution is -0.121. The number of fused-ring (bicyclic) bond motifs is 2. The van der Waals surface area contributed by atoms with Gasteiger partial charge in [0.05, 0.1) is 22.3 Å². The van der Waals surface area contributed by atoms with Crippen molar-refractivity contribution in [2.45, 2.75) is 24.9 Å². The van der Waals surface area contributed by atoms with E-state index in [1.54, 1.807) is 12.1 Å². The summed E-state index contributed by atoms with van der Waals surface area (Å²) < 4.78 is 0. The summed E-state index contributed by atoms with van der Waals surface area (Å²) in [4.78, 5) is 14.5. The lowest BCUT2D eigenvalue weighted by atomic mass is 10.2. The molecule has 2 fully saturated rings. The topological polar surface area (TPSA) is 60.0 Å². The van der Waals surface area contributed by atoms with Crippen molar-refractivity contribution in [3.8, 4) is 0 Å². The number of nitrogens with zero attached hydrogens (tertiary/aromatic N) is 3. The number of rotatable bonds is 3. The highest BCUT2D eigenvalue weighted by molar-refractivity contribution is 6.42. The Bertz CT molecular complexity index is 695. The van der Waals surface area contributed by atoms with Crippen molar-refractivity contribution in [1.82, 2.24) is 15.5 Å².